The molecule has 3 heteroatoms. The van der Waals surface area contributed by atoms with Gasteiger partial charge in [-0.1, -0.05) is 66.7 Å². The van der Waals surface area contributed by atoms with E-state index >= 15 is 0 Å². The standard InChI is InChI=1S/C8H9NOS.C8H12/c1-7(9-10-11)8-5-3-2-4-6-8;1-8-6-4-2-3-5-7-8/h2-6,11H,1H3;4-8H,2-3H2,1H3. The van der Waals surface area contributed by atoms with Crippen LogP contribution in [0.3, 0.4) is 0 Å². The first-order valence-electron chi connectivity index (χ1n) is 6.48. The van der Waals surface area contributed by atoms with Crippen LogP contribution < -0.4 is 0 Å². The Morgan fingerprint density at radius 1 is 1.16 bits per heavy atom. The summed E-state index contributed by atoms with van der Waals surface area (Å²) in [6.45, 7) is 4.07. The Bertz CT molecular complexity index is 423. The molecule has 1 aromatic carbocycles. The van der Waals surface area contributed by atoms with E-state index in [1.807, 2.05) is 37.3 Å². The highest BCUT2D eigenvalue weighted by molar-refractivity contribution is 7.75. The highest BCUT2D eigenvalue weighted by atomic mass is 32.1. The van der Waals surface area contributed by atoms with Crippen LogP contribution >= 0.6 is 12.9 Å². The van der Waals surface area contributed by atoms with Gasteiger partial charge in [0.2, 0.25) is 0 Å². The summed E-state index contributed by atoms with van der Waals surface area (Å²) in [5, 5.41) is 3.68. The van der Waals surface area contributed by atoms with Crippen molar-refractivity contribution >= 4 is 18.6 Å². The second-order valence-electron chi connectivity index (χ2n) is 4.42. The number of rotatable bonds is 2. The molecular weight excluding hydrogens is 254 g/mol. The quantitative estimate of drug-likeness (QED) is 0.270. The molecule has 1 aliphatic carbocycles. The minimum Gasteiger partial charge on any atom is -0.325 e. The van der Waals surface area contributed by atoms with Gasteiger partial charge in [-0.2, -0.15) is 0 Å². The highest BCUT2D eigenvalue weighted by Crippen LogP contribution is 2.07. The molecule has 0 bridgehead atoms. The van der Waals surface area contributed by atoms with Crippen LogP contribution in [0.15, 0.2) is 59.8 Å². The lowest BCUT2D eigenvalue weighted by Gasteiger charge is -1.96. The van der Waals surface area contributed by atoms with Crippen molar-refractivity contribution in [2.45, 2.75) is 26.7 Å². The van der Waals surface area contributed by atoms with E-state index < -0.39 is 0 Å². The van der Waals surface area contributed by atoms with E-state index in [1.165, 1.54) is 12.8 Å². The molecule has 2 rings (SSSR count). The molecule has 1 aromatic rings. The summed E-state index contributed by atoms with van der Waals surface area (Å²) in [5.41, 5.74) is 1.86. The molecule has 0 aromatic heterocycles. The van der Waals surface area contributed by atoms with Crippen molar-refractivity contribution in [2.24, 2.45) is 11.1 Å². The van der Waals surface area contributed by atoms with E-state index in [0.29, 0.717) is 5.92 Å². The molecule has 0 aliphatic heterocycles. The number of hydrogen-bond donors (Lipinski definition) is 1. The van der Waals surface area contributed by atoms with Gasteiger partial charge in [-0.25, -0.2) is 0 Å². The lowest BCUT2D eigenvalue weighted by molar-refractivity contribution is 0.414. The summed E-state index contributed by atoms with van der Waals surface area (Å²) in [5.74, 6) is 0.664. The summed E-state index contributed by atoms with van der Waals surface area (Å²) in [7, 11) is 0. The molecule has 19 heavy (non-hydrogen) atoms. The molecule has 0 heterocycles. The van der Waals surface area contributed by atoms with Crippen molar-refractivity contribution in [3.8, 4) is 0 Å². The number of hydrogen-bond acceptors (Lipinski definition) is 3. The first-order valence-corrected chi connectivity index (χ1v) is 6.84. The van der Waals surface area contributed by atoms with Crippen molar-refractivity contribution < 1.29 is 4.28 Å². The molecule has 0 radical (unpaired) electrons. The van der Waals surface area contributed by atoms with E-state index in [-0.39, 0.29) is 0 Å². The van der Waals surface area contributed by atoms with Crippen LogP contribution in [-0.2, 0) is 4.28 Å². The van der Waals surface area contributed by atoms with E-state index in [0.717, 1.165) is 11.3 Å². The SMILES string of the molecule is CC(=NOS)c1ccccc1.CC1C=CCCC=C1. The molecule has 0 fully saturated rings. The fourth-order valence-electron chi connectivity index (χ4n) is 1.67. The van der Waals surface area contributed by atoms with Crippen molar-refractivity contribution in [2.75, 3.05) is 0 Å². The highest BCUT2D eigenvalue weighted by Gasteiger charge is 1.94. The molecule has 0 N–H and O–H groups in total. The van der Waals surface area contributed by atoms with Crippen LogP contribution in [0.2, 0.25) is 0 Å². The van der Waals surface area contributed by atoms with E-state index in [4.69, 9.17) is 0 Å². The molecular formula is C16H21NOS. The fourth-order valence-corrected chi connectivity index (χ4v) is 1.79. The second-order valence-corrected chi connectivity index (χ2v) is 4.58. The third-order valence-electron chi connectivity index (χ3n) is 2.75. The Morgan fingerprint density at radius 3 is 2.26 bits per heavy atom. The average Bonchev–Trinajstić information content (AvgIpc) is 2.68. The van der Waals surface area contributed by atoms with Crippen molar-refractivity contribution in [3.05, 3.63) is 60.2 Å². The largest absolute Gasteiger partial charge is 0.325 e. The lowest BCUT2D eigenvalue weighted by atomic mass is 10.1. The molecule has 0 spiro atoms. The Kier molecular flexibility index (Phi) is 7.75. The number of oxime groups is 1. The predicted octanol–water partition coefficient (Wildman–Crippen LogP) is 4.80. The van der Waals surface area contributed by atoms with Crippen LogP contribution in [0, 0.1) is 5.92 Å². The van der Waals surface area contributed by atoms with Gasteiger partial charge in [0.1, 0.15) is 0 Å². The maximum atomic E-state index is 4.34. The van der Waals surface area contributed by atoms with Crippen molar-refractivity contribution in [1.82, 2.24) is 0 Å². The molecule has 0 atom stereocenters. The molecule has 0 unspecified atom stereocenters. The minimum absolute atomic E-state index is 0.664. The Labute approximate surface area is 121 Å². The van der Waals surface area contributed by atoms with Crippen LogP contribution in [0.1, 0.15) is 32.3 Å². The van der Waals surface area contributed by atoms with E-state index in [2.05, 4.69) is 53.6 Å². The molecule has 0 saturated carbocycles. The zero-order chi connectivity index (χ0) is 13.9. The van der Waals surface area contributed by atoms with Gasteiger partial charge in [-0.3, -0.25) is 0 Å². The van der Waals surface area contributed by atoms with Crippen LogP contribution in [0.25, 0.3) is 0 Å². The monoisotopic (exact) mass is 275 g/mol. The number of benzene rings is 1. The molecule has 1 aliphatic rings. The van der Waals surface area contributed by atoms with Gasteiger partial charge in [0.25, 0.3) is 0 Å². The van der Waals surface area contributed by atoms with Gasteiger partial charge in [-0.15, -0.1) is 0 Å². The number of thiol groups is 1. The second kappa shape index (κ2) is 9.45. The minimum atomic E-state index is 0.664. The summed E-state index contributed by atoms with van der Waals surface area (Å²) < 4.78 is 4.34. The van der Waals surface area contributed by atoms with Gasteiger partial charge in [0.15, 0.2) is 0 Å². The van der Waals surface area contributed by atoms with Gasteiger partial charge in [0, 0.05) is 0 Å². The Balaban J connectivity index is 0.000000200. The first kappa shape index (κ1) is 15.6. The molecule has 102 valence electrons. The van der Waals surface area contributed by atoms with Crippen LogP contribution in [0.4, 0.5) is 0 Å². The zero-order valence-corrected chi connectivity index (χ0v) is 12.4. The number of nitrogens with zero attached hydrogens (tertiary/aromatic N) is 1. The predicted molar refractivity (Wildman–Crippen MR) is 85.4 cm³/mol. The number of allylic oxidation sites excluding steroid dienone is 4. The lowest BCUT2D eigenvalue weighted by Crippen LogP contribution is -1.92. The third kappa shape index (κ3) is 6.87. The van der Waals surface area contributed by atoms with Gasteiger partial charge in [0.05, 0.1) is 18.6 Å². The van der Waals surface area contributed by atoms with Gasteiger partial charge < -0.3 is 4.28 Å². The topological polar surface area (TPSA) is 21.6 Å². The van der Waals surface area contributed by atoms with Crippen molar-refractivity contribution in [1.29, 1.82) is 0 Å². The van der Waals surface area contributed by atoms with Crippen molar-refractivity contribution in [3.63, 3.8) is 0 Å². The maximum Gasteiger partial charge on any atom is 0.0853 e. The Hall–Kier alpha value is -1.48. The first-order chi connectivity index (χ1) is 9.24. The molecule has 2 nitrogen and oxygen atoms in total. The Morgan fingerprint density at radius 2 is 1.74 bits per heavy atom. The van der Waals surface area contributed by atoms with Gasteiger partial charge in [-0.05, 0) is 31.2 Å². The summed E-state index contributed by atoms with van der Waals surface area (Å²) in [4.78, 5) is 0. The smallest absolute Gasteiger partial charge is 0.0853 e. The third-order valence-corrected chi connectivity index (χ3v) is 2.83. The van der Waals surface area contributed by atoms with Gasteiger partial charge >= 0.3 is 0 Å². The summed E-state index contributed by atoms with van der Waals surface area (Å²) >= 11 is 3.52. The molecule has 0 saturated heterocycles. The zero-order valence-electron chi connectivity index (χ0n) is 11.5. The van der Waals surface area contributed by atoms with Crippen LogP contribution in [-0.4, -0.2) is 5.71 Å². The summed E-state index contributed by atoms with van der Waals surface area (Å²) in [6, 6.07) is 9.79. The maximum absolute atomic E-state index is 4.34. The normalized spacial score (nSPS) is 15.4. The van der Waals surface area contributed by atoms with E-state index in [1.54, 1.807) is 0 Å². The fraction of sp³-hybridized carbons (Fsp3) is 0.312. The molecule has 0 amide bonds. The summed E-state index contributed by atoms with van der Waals surface area (Å²) in [6.07, 6.45) is 11.5. The average molecular weight is 275 g/mol. The van der Waals surface area contributed by atoms with Crippen LogP contribution in [0.5, 0.6) is 0 Å². The van der Waals surface area contributed by atoms with E-state index in [9.17, 15) is 0 Å².